The first kappa shape index (κ1) is 23.3. The predicted octanol–water partition coefficient (Wildman–Crippen LogP) is 5.59. The third-order valence-electron chi connectivity index (χ3n) is 10.1. The smallest absolute Gasteiger partial charge is 0.302 e. The summed E-state index contributed by atoms with van der Waals surface area (Å²) in [6.45, 7) is 8.18. The molecule has 4 rings (SSSR count). The minimum Gasteiger partial charge on any atom is -0.463 e. The Kier molecular flexibility index (Phi) is 6.45. The Morgan fingerprint density at radius 3 is 2.38 bits per heavy atom. The molecule has 0 bridgehead atoms. The minimum atomic E-state index is -0.284. The van der Waals surface area contributed by atoms with Crippen LogP contribution in [0.4, 0.5) is 0 Å². The van der Waals surface area contributed by atoms with Crippen molar-refractivity contribution < 1.29 is 19.1 Å². The molecule has 0 heterocycles. The van der Waals surface area contributed by atoms with Crippen LogP contribution >= 0.6 is 0 Å². The molecule has 4 fully saturated rings. The Morgan fingerprint density at radius 2 is 1.69 bits per heavy atom. The molecule has 0 aromatic heterocycles. The molecule has 0 amide bonds. The molecule has 0 unspecified atom stereocenters. The molecular weight excluding hydrogens is 402 g/mol. The summed E-state index contributed by atoms with van der Waals surface area (Å²) in [7, 11) is 0. The van der Waals surface area contributed by atoms with Gasteiger partial charge in [-0.1, -0.05) is 13.8 Å². The topological polar surface area (TPSA) is 76.4 Å². The van der Waals surface area contributed by atoms with Crippen LogP contribution < -0.4 is 0 Å². The first-order valence-corrected chi connectivity index (χ1v) is 12.6. The first-order valence-electron chi connectivity index (χ1n) is 12.6. The molecule has 0 N–H and O–H groups in total. The van der Waals surface area contributed by atoms with E-state index in [-0.39, 0.29) is 30.1 Å². The minimum absolute atomic E-state index is 0.104. The summed E-state index contributed by atoms with van der Waals surface area (Å²) in [6.07, 6.45) is 12.2. The van der Waals surface area contributed by atoms with E-state index in [2.05, 4.69) is 19.9 Å². The van der Waals surface area contributed by atoms with E-state index in [1.807, 2.05) is 0 Å². The standard InChI is InChI=1S/C27H39NO4/c1-17(29)31-16-19(11-14-28)23-7-8-24-22-6-5-20-15-21(32-18(2)30)9-12-26(20,3)25(22)10-13-27(23,24)4/h11,20-25H,5-10,12-13,15-16H2,1-4H3/b19-11-/t20-,21+,22+,23-,24+,25+,26+,27-/m1/s1. The van der Waals surface area contributed by atoms with Crippen molar-refractivity contribution in [2.24, 2.45) is 40.4 Å². The van der Waals surface area contributed by atoms with Crippen LogP contribution in [0.2, 0.25) is 0 Å². The van der Waals surface area contributed by atoms with E-state index in [0.29, 0.717) is 23.2 Å². The SMILES string of the molecule is CC(=O)OC/C(=C/C#N)[C@H]1CC[C@H]2[C@@H]3CC[C@@H]4C[C@@H](OC(C)=O)CC[C@]4(C)[C@H]3CC[C@]12C. The average molecular weight is 442 g/mol. The number of carbonyl (C=O) groups excluding carboxylic acids is 2. The van der Waals surface area contributed by atoms with Gasteiger partial charge < -0.3 is 9.47 Å². The van der Waals surface area contributed by atoms with Crippen molar-refractivity contribution in [1.82, 2.24) is 0 Å². The van der Waals surface area contributed by atoms with Gasteiger partial charge in [-0.2, -0.15) is 5.26 Å². The number of hydrogen-bond acceptors (Lipinski definition) is 5. The number of esters is 2. The van der Waals surface area contributed by atoms with Gasteiger partial charge in [0.25, 0.3) is 0 Å². The summed E-state index contributed by atoms with van der Waals surface area (Å²) in [6, 6.07) is 2.21. The number of fused-ring (bicyclic) bond motifs is 5. The van der Waals surface area contributed by atoms with Crippen molar-refractivity contribution in [3.8, 4) is 6.07 Å². The molecule has 5 heteroatoms. The zero-order valence-electron chi connectivity index (χ0n) is 20.2. The summed E-state index contributed by atoms with van der Waals surface area (Å²) in [4.78, 5) is 22.9. The Morgan fingerprint density at radius 1 is 0.969 bits per heavy atom. The van der Waals surface area contributed by atoms with Gasteiger partial charge in [0.05, 0.1) is 6.07 Å². The van der Waals surface area contributed by atoms with Gasteiger partial charge in [0.2, 0.25) is 0 Å². The number of rotatable bonds is 4. The number of nitriles is 1. The zero-order valence-corrected chi connectivity index (χ0v) is 20.2. The van der Waals surface area contributed by atoms with Gasteiger partial charge in [0.15, 0.2) is 0 Å². The van der Waals surface area contributed by atoms with E-state index in [0.717, 1.165) is 43.1 Å². The van der Waals surface area contributed by atoms with Crippen molar-refractivity contribution in [2.75, 3.05) is 6.61 Å². The fraction of sp³-hybridized carbons (Fsp3) is 0.815. The van der Waals surface area contributed by atoms with Crippen LogP contribution in [0, 0.1) is 51.8 Å². The van der Waals surface area contributed by atoms with Crippen LogP contribution in [0.25, 0.3) is 0 Å². The van der Waals surface area contributed by atoms with Gasteiger partial charge in [0.1, 0.15) is 12.7 Å². The van der Waals surface area contributed by atoms with Gasteiger partial charge in [-0.25, -0.2) is 0 Å². The third kappa shape index (κ3) is 3.99. The normalized spacial score (nSPS) is 43.3. The summed E-state index contributed by atoms with van der Waals surface area (Å²) >= 11 is 0. The van der Waals surface area contributed by atoms with Crippen molar-refractivity contribution in [3.63, 3.8) is 0 Å². The van der Waals surface area contributed by atoms with Crippen molar-refractivity contribution in [3.05, 3.63) is 11.6 Å². The van der Waals surface area contributed by atoms with Crippen molar-refractivity contribution in [2.45, 2.75) is 91.6 Å². The highest BCUT2D eigenvalue weighted by Crippen LogP contribution is 2.68. The molecule has 4 saturated carbocycles. The van der Waals surface area contributed by atoms with Crippen LogP contribution in [0.15, 0.2) is 11.6 Å². The van der Waals surface area contributed by atoms with E-state index in [1.165, 1.54) is 46.0 Å². The van der Waals surface area contributed by atoms with E-state index in [1.54, 1.807) is 6.08 Å². The Bertz CT molecular complexity index is 828. The summed E-state index contributed by atoms with van der Waals surface area (Å²) in [5, 5.41) is 9.37. The molecule has 4 aliphatic rings. The molecule has 0 saturated heterocycles. The highest BCUT2D eigenvalue weighted by molar-refractivity contribution is 5.66. The number of allylic oxidation sites excluding steroid dienone is 1. The quantitative estimate of drug-likeness (QED) is 0.420. The fourth-order valence-corrected chi connectivity index (χ4v) is 8.68. The van der Waals surface area contributed by atoms with Gasteiger partial charge in [0, 0.05) is 19.9 Å². The van der Waals surface area contributed by atoms with Crippen LogP contribution in [0.5, 0.6) is 0 Å². The van der Waals surface area contributed by atoms with Crippen molar-refractivity contribution in [1.29, 1.82) is 5.26 Å². The van der Waals surface area contributed by atoms with E-state index in [4.69, 9.17) is 9.47 Å². The molecule has 5 nitrogen and oxygen atoms in total. The molecule has 0 radical (unpaired) electrons. The van der Waals surface area contributed by atoms with Crippen LogP contribution in [-0.4, -0.2) is 24.6 Å². The van der Waals surface area contributed by atoms with Gasteiger partial charge in [-0.3, -0.25) is 9.59 Å². The molecule has 8 atom stereocenters. The number of carbonyl (C=O) groups is 2. The van der Waals surface area contributed by atoms with E-state index < -0.39 is 0 Å². The molecule has 0 aliphatic heterocycles. The van der Waals surface area contributed by atoms with Crippen LogP contribution in [-0.2, 0) is 19.1 Å². The second kappa shape index (κ2) is 8.84. The zero-order chi connectivity index (χ0) is 23.1. The lowest BCUT2D eigenvalue weighted by molar-refractivity contribution is -0.159. The molecule has 176 valence electrons. The second-order valence-corrected chi connectivity index (χ2v) is 11.5. The fourth-order valence-electron chi connectivity index (χ4n) is 8.68. The first-order chi connectivity index (χ1) is 15.2. The van der Waals surface area contributed by atoms with E-state index in [9.17, 15) is 14.9 Å². The summed E-state index contributed by atoms with van der Waals surface area (Å²) in [5.41, 5.74) is 1.54. The number of hydrogen-bond donors (Lipinski definition) is 0. The molecule has 0 aromatic carbocycles. The maximum absolute atomic E-state index is 11.5. The highest BCUT2D eigenvalue weighted by Gasteiger charge is 2.60. The maximum atomic E-state index is 11.5. The number of ether oxygens (including phenoxy) is 2. The Hall–Kier alpha value is -1.83. The molecular formula is C27H39NO4. The molecule has 0 aromatic rings. The lowest BCUT2D eigenvalue weighted by Crippen LogP contribution is -2.54. The van der Waals surface area contributed by atoms with Crippen LogP contribution in [0.1, 0.15) is 85.5 Å². The highest BCUT2D eigenvalue weighted by atomic mass is 16.5. The van der Waals surface area contributed by atoms with Gasteiger partial charge >= 0.3 is 11.9 Å². The second-order valence-electron chi connectivity index (χ2n) is 11.5. The molecule has 32 heavy (non-hydrogen) atoms. The predicted molar refractivity (Wildman–Crippen MR) is 121 cm³/mol. The summed E-state index contributed by atoms with van der Waals surface area (Å²) in [5.74, 6) is 2.71. The Balaban J connectivity index is 1.52. The average Bonchev–Trinajstić information content (AvgIpc) is 3.08. The summed E-state index contributed by atoms with van der Waals surface area (Å²) < 4.78 is 10.9. The lowest BCUT2D eigenvalue weighted by Gasteiger charge is -2.61. The third-order valence-corrected chi connectivity index (χ3v) is 10.1. The maximum Gasteiger partial charge on any atom is 0.302 e. The van der Waals surface area contributed by atoms with Gasteiger partial charge in [-0.05, 0) is 104 Å². The van der Waals surface area contributed by atoms with Gasteiger partial charge in [-0.15, -0.1) is 0 Å². The van der Waals surface area contributed by atoms with Crippen LogP contribution in [0.3, 0.4) is 0 Å². The molecule has 0 spiro atoms. The largest absolute Gasteiger partial charge is 0.463 e. The van der Waals surface area contributed by atoms with Crippen molar-refractivity contribution >= 4 is 11.9 Å². The number of nitrogens with zero attached hydrogens (tertiary/aromatic N) is 1. The monoisotopic (exact) mass is 441 g/mol. The Labute approximate surface area is 192 Å². The lowest BCUT2D eigenvalue weighted by atomic mass is 9.44. The molecule has 4 aliphatic carbocycles. The van der Waals surface area contributed by atoms with E-state index >= 15 is 0 Å².